The number of carbonyl (C=O) groups is 1. The molecule has 0 saturated carbocycles. The van der Waals surface area contributed by atoms with Gasteiger partial charge in [0.1, 0.15) is 0 Å². The number of amides is 1. The standard InChI is InChI=1S/C13H17ClN2O2/c1-9-7-16(8-13(2,3)18-9)12(17)10-4-5-15-6-11(10)14/h4-6,9H,7-8H2,1-3H3. The molecule has 1 fully saturated rings. The van der Waals surface area contributed by atoms with E-state index in [2.05, 4.69) is 4.98 Å². The SMILES string of the molecule is CC1CN(C(=O)c2ccncc2Cl)CC(C)(C)O1. The molecular formula is C13H17ClN2O2. The molecule has 1 aliphatic heterocycles. The number of pyridine rings is 1. The Morgan fingerprint density at radius 1 is 1.61 bits per heavy atom. The summed E-state index contributed by atoms with van der Waals surface area (Å²) in [6, 6.07) is 1.65. The Bertz CT molecular complexity index is 462. The smallest absolute Gasteiger partial charge is 0.255 e. The first-order chi connectivity index (χ1) is 8.39. The number of hydrogen-bond donors (Lipinski definition) is 0. The van der Waals surface area contributed by atoms with Gasteiger partial charge in [0.15, 0.2) is 0 Å². The Kier molecular flexibility index (Phi) is 3.59. The molecule has 1 aromatic rings. The monoisotopic (exact) mass is 268 g/mol. The van der Waals surface area contributed by atoms with Crippen molar-refractivity contribution < 1.29 is 9.53 Å². The van der Waals surface area contributed by atoms with Crippen LogP contribution in [0.25, 0.3) is 0 Å². The van der Waals surface area contributed by atoms with Crippen LogP contribution in [-0.2, 0) is 4.74 Å². The third-order valence-corrected chi connectivity index (χ3v) is 3.16. The molecule has 18 heavy (non-hydrogen) atoms. The summed E-state index contributed by atoms with van der Waals surface area (Å²) in [5.74, 6) is -0.0642. The summed E-state index contributed by atoms with van der Waals surface area (Å²) >= 11 is 6.00. The lowest BCUT2D eigenvalue weighted by Crippen LogP contribution is -2.53. The fourth-order valence-corrected chi connectivity index (χ4v) is 2.53. The molecule has 0 radical (unpaired) electrons. The highest BCUT2D eigenvalue weighted by Crippen LogP contribution is 2.24. The molecule has 1 amide bonds. The van der Waals surface area contributed by atoms with E-state index >= 15 is 0 Å². The van der Waals surface area contributed by atoms with Crippen molar-refractivity contribution in [3.63, 3.8) is 0 Å². The Morgan fingerprint density at radius 3 is 2.94 bits per heavy atom. The zero-order valence-electron chi connectivity index (χ0n) is 10.8. The molecular weight excluding hydrogens is 252 g/mol. The number of rotatable bonds is 1. The molecule has 2 rings (SSSR count). The summed E-state index contributed by atoms with van der Waals surface area (Å²) in [6.45, 7) is 7.08. The summed E-state index contributed by atoms with van der Waals surface area (Å²) in [5, 5.41) is 0.388. The van der Waals surface area contributed by atoms with Crippen molar-refractivity contribution in [3.05, 3.63) is 29.0 Å². The van der Waals surface area contributed by atoms with Gasteiger partial charge in [-0.2, -0.15) is 0 Å². The van der Waals surface area contributed by atoms with E-state index in [1.165, 1.54) is 6.20 Å². The second-order valence-corrected chi connectivity index (χ2v) is 5.64. The van der Waals surface area contributed by atoms with E-state index in [9.17, 15) is 4.79 Å². The van der Waals surface area contributed by atoms with Crippen LogP contribution < -0.4 is 0 Å². The first-order valence-corrected chi connectivity index (χ1v) is 6.33. The molecule has 5 heteroatoms. The summed E-state index contributed by atoms with van der Waals surface area (Å²) in [4.78, 5) is 18.1. The third-order valence-electron chi connectivity index (χ3n) is 2.86. The lowest BCUT2D eigenvalue weighted by Gasteiger charge is -2.41. The van der Waals surface area contributed by atoms with Gasteiger partial charge >= 0.3 is 0 Å². The van der Waals surface area contributed by atoms with E-state index in [0.29, 0.717) is 23.7 Å². The molecule has 1 unspecified atom stereocenters. The van der Waals surface area contributed by atoms with E-state index in [1.54, 1.807) is 17.2 Å². The Morgan fingerprint density at radius 2 is 2.33 bits per heavy atom. The van der Waals surface area contributed by atoms with Crippen LogP contribution >= 0.6 is 11.6 Å². The number of morpholine rings is 1. The van der Waals surface area contributed by atoms with Crippen LogP contribution in [0.3, 0.4) is 0 Å². The lowest BCUT2D eigenvalue weighted by atomic mass is 10.0. The van der Waals surface area contributed by atoms with Crippen LogP contribution in [0.2, 0.25) is 5.02 Å². The van der Waals surface area contributed by atoms with Crippen LogP contribution in [0.5, 0.6) is 0 Å². The minimum atomic E-state index is -0.327. The molecule has 0 N–H and O–H groups in total. The molecule has 98 valence electrons. The highest BCUT2D eigenvalue weighted by Gasteiger charge is 2.34. The first kappa shape index (κ1) is 13.3. The normalized spacial score (nSPS) is 22.9. The number of ether oxygens (including phenoxy) is 1. The fourth-order valence-electron chi connectivity index (χ4n) is 2.33. The quantitative estimate of drug-likeness (QED) is 0.785. The van der Waals surface area contributed by atoms with Gasteiger partial charge < -0.3 is 9.64 Å². The average Bonchev–Trinajstić information content (AvgIpc) is 2.26. The molecule has 1 saturated heterocycles. The van der Waals surface area contributed by atoms with E-state index in [-0.39, 0.29) is 17.6 Å². The number of halogens is 1. The fraction of sp³-hybridized carbons (Fsp3) is 0.538. The molecule has 1 aromatic heterocycles. The predicted octanol–water partition coefficient (Wildman–Crippen LogP) is 2.37. The molecule has 4 nitrogen and oxygen atoms in total. The minimum Gasteiger partial charge on any atom is -0.369 e. The highest BCUT2D eigenvalue weighted by atomic mass is 35.5. The number of hydrogen-bond acceptors (Lipinski definition) is 3. The topological polar surface area (TPSA) is 42.4 Å². The minimum absolute atomic E-state index is 0.0262. The van der Waals surface area contributed by atoms with Crippen LogP contribution in [0.4, 0.5) is 0 Å². The van der Waals surface area contributed by atoms with Crippen LogP contribution in [0.1, 0.15) is 31.1 Å². The first-order valence-electron chi connectivity index (χ1n) is 5.96. The Hall–Kier alpha value is -1.13. The molecule has 1 atom stereocenters. The highest BCUT2D eigenvalue weighted by molar-refractivity contribution is 6.33. The van der Waals surface area contributed by atoms with Crippen LogP contribution in [0.15, 0.2) is 18.5 Å². The predicted molar refractivity (Wildman–Crippen MR) is 69.8 cm³/mol. The molecule has 1 aliphatic rings. The molecule has 0 bridgehead atoms. The summed E-state index contributed by atoms with van der Waals surface area (Å²) in [7, 11) is 0. The maximum Gasteiger partial charge on any atom is 0.255 e. The summed E-state index contributed by atoms with van der Waals surface area (Å²) in [5.41, 5.74) is 0.170. The van der Waals surface area contributed by atoms with E-state index in [1.807, 2.05) is 20.8 Å². The second-order valence-electron chi connectivity index (χ2n) is 5.23. The van der Waals surface area contributed by atoms with Gasteiger partial charge in [0, 0.05) is 25.5 Å². The largest absolute Gasteiger partial charge is 0.369 e. The number of carbonyl (C=O) groups excluding carboxylic acids is 1. The second kappa shape index (κ2) is 4.86. The molecule has 0 aliphatic carbocycles. The average molecular weight is 269 g/mol. The maximum atomic E-state index is 12.4. The zero-order valence-corrected chi connectivity index (χ0v) is 11.6. The van der Waals surface area contributed by atoms with Gasteiger partial charge in [0.05, 0.1) is 22.3 Å². The van der Waals surface area contributed by atoms with Crippen molar-refractivity contribution in [2.75, 3.05) is 13.1 Å². The van der Waals surface area contributed by atoms with Crippen LogP contribution in [-0.4, -0.2) is 40.6 Å². The summed E-state index contributed by atoms with van der Waals surface area (Å²) < 4.78 is 5.78. The number of nitrogens with zero attached hydrogens (tertiary/aromatic N) is 2. The van der Waals surface area contributed by atoms with E-state index in [4.69, 9.17) is 16.3 Å². The van der Waals surface area contributed by atoms with Gasteiger partial charge in [0.25, 0.3) is 5.91 Å². The Labute approximate surface area is 112 Å². The number of aromatic nitrogens is 1. The van der Waals surface area contributed by atoms with Crippen molar-refractivity contribution in [2.45, 2.75) is 32.5 Å². The maximum absolute atomic E-state index is 12.4. The van der Waals surface area contributed by atoms with Crippen LogP contribution in [0, 0.1) is 0 Å². The molecule has 0 aromatic carbocycles. The van der Waals surface area contributed by atoms with Gasteiger partial charge in [-0.25, -0.2) is 0 Å². The molecule has 2 heterocycles. The van der Waals surface area contributed by atoms with Crippen molar-refractivity contribution in [1.29, 1.82) is 0 Å². The van der Waals surface area contributed by atoms with Gasteiger partial charge in [0.2, 0.25) is 0 Å². The third kappa shape index (κ3) is 2.82. The lowest BCUT2D eigenvalue weighted by molar-refractivity contribution is -0.118. The Balaban J connectivity index is 2.22. The van der Waals surface area contributed by atoms with Gasteiger partial charge in [-0.3, -0.25) is 9.78 Å². The van der Waals surface area contributed by atoms with Gasteiger partial charge in [-0.1, -0.05) is 11.6 Å². The van der Waals surface area contributed by atoms with E-state index in [0.717, 1.165) is 0 Å². The zero-order chi connectivity index (χ0) is 13.3. The summed E-state index contributed by atoms with van der Waals surface area (Å²) in [6.07, 6.45) is 3.09. The van der Waals surface area contributed by atoms with Crippen molar-refractivity contribution in [2.24, 2.45) is 0 Å². The van der Waals surface area contributed by atoms with Crippen molar-refractivity contribution in [3.8, 4) is 0 Å². The molecule has 0 spiro atoms. The van der Waals surface area contributed by atoms with E-state index < -0.39 is 0 Å². The van der Waals surface area contributed by atoms with Gasteiger partial charge in [-0.15, -0.1) is 0 Å². The van der Waals surface area contributed by atoms with Crippen molar-refractivity contribution >= 4 is 17.5 Å². The van der Waals surface area contributed by atoms with Gasteiger partial charge in [-0.05, 0) is 26.8 Å². The van der Waals surface area contributed by atoms with Crippen molar-refractivity contribution in [1.82, 2.24) is 9.88 Å².